The Morgan fingerprint density at radius 1 is 1.35 bits per heavy atom. The van der Waals surface area contributed by atoms with Gasteiger partial charge in [-0.25, -0.2) is 0 Å². The highest BCUT2D eigenvalue weighted by Gasteiger charge is 2.19. The van der Waals surface area contributed by atoms with Gasteiger partial charge in [0.05, 0.1) is 6.54 Å². The van der Waals surface area contributed by atoms with Crippen molar-refractivity contribution in [2.24, 2.45) is 0 Å². The summed E-state index contributed by atoms with van der Waals surface area (Å²) in [6.45, 7) is 4.62. The van der Waals surface area contributed by atoms with Crippen molar-refractivity contribution in [3.8, 4) is 0 Å². The van der Waals surface area contributed by atoms with Gasteiger partial charge in [0.15, 0.2) is 0 Å². The van der Waals surface area contributed by atoms with Crippen LogP contribution < -0.4 is 15.1 Å². The van der Waals surface area contributed by atoms with Crippen LogP contribution in [-0.4, -0.2) is 54.1 Å². The molecule has 0 unspecified atom stereocenters. The van der Waals surface area contributed by atoms with E-state index in [0.29, 0.717) is 18.4 Å². The Balaban J connectivity index is 2.22. The van der Waals surface area contributed by atoms with Crippen molar-refractivity contribution in [1.82, 2.24) is 20.3 Å². The van der Waals surface area contributed by atoms with E-state index >= 15 is 0 Å². The van der Waals surface area contributed by atoms with Gasteiger partial charge in [-0.3, -0.25) is 4.79 Å². The van der Waals surface area contributed by atoms with Crippen LogP contribution in [0.25, 0.3) is 0 Å². The van der Waals surface area contributed by atoms with E-state index in [0.717, 1.165) is 25.9 Å². The van der Waals surface area contributed by atoms with Gasteiger partial charge in [0.2, 0.25) is 23.1 Å². The molecule has 0 spiro atoms. The molecule has 0 aromatic carbocycles. The van der Waals surface area contributed by atoms with Crippen LogP contribution in [0.2, 0.25) is 5.28 Å². The van der Waals surface area contributed by atoms with Gasteiger partial charge in [0, 0.05) is 26.7 Å². The van der Waals surface area contributed by atoms with Crippen LogP contribution >= 0.6 is 11.6 Å². The lowest BCUT2D eigenvalue weighted by atomic mass is 10.4. The second-order valence-electron chi connectivity index (χ2n) is 4.59. The van der Waals surface area contributed by atoms with E-state index in [1.807, 2.05) is 6.92 Å². The zero-order valence-corrected chi connectivity index (χ0v) is 12.5. The molecule has 1 saturated heterocycles. The van der Waals surface area contributed by atoms with Crippen LogP contribution in [0, 0.1) is 0 Å². The van der Waals surface area contributed by atoms with Crippen molar-refractivity contribution in [3.63, 3.8) is 0 Å². The van der Waals surface area contributed by atoms with Crippen LogP contribution in [0.5, 0.6) is 0 Å². The Morgan fingerprint density at radius 2 is 2.05 bits per heavy atom. The molecule has 110 valence electrons. The number of halogens is 1. The zero-order valence-electron chi connectivity index (χ0n) is 11.8. The Kier molecular flexibility index (Phi) is 4.94. The molecule has 0 saturated carbocycles. The number of likely N-dealkylation sites (N-methyl/N-ethyl adjacent to an activating group) is 2. The number of carbonyl (C=O) groups is 1. The van der Waals surface area contributed by atoms with E-state index in [1.54, 1.807) is 11.9 Å². The maximum atomic E-state index is 11.5. The number of aromatic nitrogens is 3. The third-order valence-electron chi connectivity index (χ3n) is 3.25. The zero-order chi connectivity index (χ0) is 14.5. The molecule has 0 atom stereocenters. The van der Waals surface area contributed by atoms with Gasteiger partial charge in [-0.05, 0) is 31.4 Å². The fourth-order valence-electron chi connectivity index (χ4n) is 2.11. The van der Waals surface area contributed by atoms with E-state index in [1.165, 1.54) is 0 Å². The maximum Gasteiger partial charge on any atom is 0.239 e. The number of rotatable bonds is 5. The number of hydrogen-bond donors (Lipinski definition) is 1. The van der Waals surface area contributed by atoms with E-state index < -0.39 is 0 Å². The number of nitrogens with one attached hydrogen (secondary N) is 1. The fraction of sp³-hybridized carbons (Fsp3) is 0.667. The molecule has 1 aromatic heterocycles. The molecule has 1 aromatic rings. The Morgan fingerprint density at radius 3 is 2.65 bits per heavy atom. The normalized spacial score (nSPS) is 14.4. The Bertz CT molecular complexity index is 477. The minimum atomic E-state index is -0.0916. The van der Waals surface area contributed by atoms with Gasteiger partial charge in [-0.15, -0.1) is 0 Å². The maximum absolute atomic E-state index is 11.5. The lowest BCUT2D eigenvalue weighted by Gasteiger charge is -2.22. The summed E-state index contributed by atoms with van der Waals surface area (Å²) in [5.74, 6) is 0.942. The predicted molar refractivity (Wildman–Crippen MR) is 78.2 cm³/mol. The molecule has 2 rings (SSSR count). The minimum absolute atomic E-state index is 0.0916. The van der Waals surface area contributed by atoms with Crippen LogP contribution in [0.15, 0.2) is 0 Å². The molecule has 0 aliphatic carbocycles. The highest BCUT2D eigenvalue weighted by atomic mass is 35.5. The number of amides is 1. The number of hydrogen-bond acceptors (Lipinski definition) is 6. The number of anilines is 2. The molecule has 1 amide bonds. The smallest absolute Gasteiger partial charge is 0.239 e. The van der Waals surface area contributed by atoms with Crippen molar-refractivity contribution in [2.75, 3.05) is 43.0 Å². The molecule has 20 heavy (non-hydrogen) atoms. The molecular weight excluding hydrogens is 280 g/mol. The van der Waals surface area contributed by atoms with Gasteiger partial charge < -0.3 is 15.1 Å². The first-order valence-corrected chi connectivity index (χ1v) is 7.14. The second kappa shape index (κ2) is 6.69. The topological polar surface area (TPSA) is 74.2 Å². The van der Waals surface area contributed by atoms with Gasteiger partial charge in [-0.2, -0.15) is 15.0 Å². The highest BCUT2D eigenvalue weighted by Crippen LogP contribution is 2.20. The molecule has 0 bridgehead atoms. The quantitative estimate of drug-likeness (QED) is 0.862. The summed E-state index contributed by atoms with van der Waals surface area (Å²) in [5.41, 5.74) is 0. The summed E-state index contributed by atoms with van der Waals surface area (Å²) < 4.78 is 0. The summed E-state index contributed by atoms with van der Waals surface area (Å²) in [4.78, 5) is 28.1. The predicted octanol–water partition coefficient (Wildman–Crippen LogP) is 0.697. The van der Waals surface area contributed by atoms with E-state index in [2.05, 4.69) is 25.2 Å². The molecular formula is C12H19ClN6O. The summed E-state index contributed by atoms with van der Waals surface area (Å²) in [7, 11) is 1.60. The van der Waals surface area contributed by atoms with Gasteiger partial charge in [-0.1, -0.05) is 0 Å². The van der Waals surface area contributed by atoms with Crippen LogP contribution in [-0.2, 0) is 4.79 Å². The summed E-state index contributed by atoms with van der Waals surface area (Å²) in [5, 5.41) is 2.75. The SMILES string of the molecule is CCN(CC(=O)NC)c1nc(Cl)nc(N2CCCC2)n1. The number of nitrogens with zero attached hydrogens (tertiary/aromatic N) is 5. The van der Waals surface area contributed by atoms with Gasteiger partial charge >= 0.3 is 0 Å². The molecule has 0 radical (unpaired) electrons. The highest BCUT2D eigenvalue weighted by molar-refractivity contribution is 6.28. The van der Waals surface area contributed by atoms with Crippen molar-refractivity contribution in [2.45, 2.75) is 19.8 Å². The van der Waals surface area contributed by atoms with Crippen LogP contribution in [0.3, 0.4) is 0 Å². The fourth-order valence-corrected chi connectivity index (χ4v) is 2.26. The van der Waals surface area contributed by atoms with Crippen LogP contribution in [0.4, 0.5) is 11.9 Å². The van der Waals surface area contributed by atoms with Crippen molar-refractivity contribution in [3.05, 3.63) is 5.28 Å². The molecule has 1 aliphatic heterocycles. The monoisotopic (exact) mass is 298 g/mol. The van der Waals surface area contributed by atoms with E-state index in [9.17, 15) is 4.79 Å². The summed E-state index contributed by atoms with van der Waals surface area (Å²) in [6, 6.07) is 0. The Labute approximate surface area is 123 Å². The lowest BCUT2D eigenvalue weighted by Crippen LogP contribution is -2.37. The largest absolute Gasteiger partial charge is 0.358 e. The standard InChI is InChI=1S/C12H19ClN6O/c1-3-18(8-9(20)14-2)11-15-10(13)16-12(17-11)19-6-4-5-7-19/h3-8H2,1-2H3,(H,14,20). The average molecular weight is 299 g/mol. The first-order valence-electron chi connectivity index (χ1n) is 6.76. The Hall–Kier alpha value is -1.63. The van der Waals surface area contributed by atoms with Gasteiger partial charge in [0.1, 0.15) is 0 Å². The van der Waals surface area contributed by atoms with Crippen molar-refractivity contribution < 1.29 is 4.79 Å². The molecule has 1 aliphatic rings. The number of carbonyl (C=O) groups excluding carboxylic acids is 1. The summed E-state index contributed by atoms with van der Waals surface area (Å²) in [6.07, 6.45) is 2.27. The first kappa shape index (κ1) is 14.8. The summed E-state index contributed by atoms with van der Waals surface area (Å²) >= 11 is 5.98. The minimum Gasteiger partial charge on any atom is -0.358 e. The molecule has 1 N–H and O–H groups in total. The second-order valence-corrected chi connectivity index (χ2v) is 4.92. The van der Waals surface area contributed by atoms with Crippen molar-refractivity contribution in [1.29, 1.82) is 0 Å². The van der Waals surface area contributed by atoms with E-state index in [4.69, 9.17) is 11.6 Å². The molecule has 7 nitrogen and oxygen atoms in total. The third kappa shape index (κ3) is 3.47. The van der Waals surface area contributed by atoms with Crippen LogP contribution in [0.1, 0.15) is 19.8 Å². The third-order valence-corrected chi connectivity index (χ3v) is 3.42. The first-order chi connectivity index (χ1) is 9.63. The molecule has 8 heteroatoms. The molecule has 2 heterocycles. The van der Waals surface area contributed by atoms with Crippen molar-refractivity contribution >= 4 is 29.4 Å². The van der Waals surface area contributed by atoms with E-state index in [-0.39, 0.29) is 17.7 Å². The lowest BCUT2D eigenvalue weighted by molar-refractivity contribution is -0.119. The van der Waals surface area contributed by atoms with Gasteiger partial charge in [0.25, 0.3) is 0 Å². The average Bonchev–Trinajstić information content (AvgIpc) is 2.97. The molecule has 1 fully saturated rings.